The van der Waals surface area contributed by atoms with Gasteiger partial charge in [0.2, 0.25) is 0 Å². The zero-order valence-electron chi connectivity index (χ0n) is 8.01. The van der Waals surface area contributed by atoms with Crippen molar-refractivity contribution in [3.63, 3.8) is 0 Å². The summed E-state index contributed by atoms with van der Waals surface area (Å²) in [5.74, 6) is -0.506. The summed E-state index contributed by atoms with van der Waals surface area (Å²) in [4.78, 5) is 0. The van der Waals surface area contributed by atoms with E-state index in [1.165, 1.54) is 12.1 Å². The van der Waals surface area contributed by atoms with E-state index in [-0.39, 0.29) is 24.0 Å². The summed E-state index contributed by atoms with van der Waals surface area (Å²) in [5, 5.41) is 27.8. The fraction of sp³-hybridized carbons (Fsp3) is 0.400. The van der Waals surface area contributed by atoms with Crippen molar-refractivity contribution >= 4 is 0 Å². The summed E-state index contributed by atoms with van der Waals surface area (Å²) >= 11 is 0. The molecule has 0 amide bonds. The van der Waals surface area contributed by atoms with Crippen LogP contribution in [0.3, 0.4) is 0 Å². The SMILES string of the molecule is CC(c1ccc(O)c(O)c1)C(O)CN. The van der Waals surface area contributed by atoms with Crippen LogP contribution in [0.15, 0.2) is 18.2 Å². The number of aliphatic hydroxyl groups excluding tert-OH is 1. The van der Waals surface area contributed by atoms with Gasteiger partial charge in [0.1, 0.15) is 0 Å². The van der Waals surface area contributed by atoms with Gasteiger partial charge in [-0.2, -0.15) is 0 Å². The van der Waals surface area contributed by atoms with E-state index in [0.29, 0.717) is 0 Å². The Morgan fingerprint density at radius 2 is 1.93 bits per heavy atom. The van der Waals surface area contributed by atoms with E-state index >= 15 is 0 Å². The van der Waals surface area contributed by atoms with E-state index in [0.717, 1.165) is 5.56 Å². The van der Waals surface area contributed by atoms with Crippen LogP contribution in [-0.2, 0) is 0 Å². The van der Waals surface area contributed by atoms with Crippen molar-refractivity contribution in [2.45, 2.75) is 18.9 Å². The van der Waals surface area contributed by atoms with Crippen LogP contribution in [0, 0.1) is 0 Å². The first-order valence-electron chi connectivity index (χ1n) is 4.46. The largest absolute Gasteiger partial charge is 0.504 e. The Hall–Kier alpha value is -1.26. The number of hydrogen-bond donors (Lipinski definition) is 4. The second-order valence-corrected chi connectivity index (χ2v) is 3.34. The zero-order valence-corrected chi connectivity index (χ0v) is 8.01. The predicted molar refractivity (Wildman–Crippen MR) is 53.2 cm³/mol. The molecule has 0 aliphatic heterocycles. The first-order chi connectivity index (χ1) is 6.56. The molecule has 2 unspecified atom stereocenters. The van der Waals surface area contributed by atoms with Gasteiger partial charge in [0, 0.05) is 12.5 Å². The molecule has 0 saturated carbocycles. The lowest BCUT2D eigenvalue weighted by Crippen LogP contribution is -2.25. The monoisotopic (exact) mass is 197 g/mol. The molecule has 5 N–H and O–H groups in total. The Labute approximate surface area is 82.6 Å². The Kier molecular flexibility index (Phi) is 3.33. The summed E-state index contributed by atoms with van der Waals surface area (Å²) in [7, 11) is 0. The van der Waals surface area contributed by atoms with Crippen LogP contribution in [0.4, 0.5) is 0 Å². The van der Waals surface area contributed by atoms with Gasteiger partial charge < -0.3 is 21.1 Å². The Balaban J connectivity index is 2.91. The van der Waals surface area contributed by atoms with E-state index in [1.807, 2.05) is 6.92 Å². The van der Waals surface area contributed by atoms with E-state index in [1.54, 1.807) is 6.07 Å². The number of nitrogens with two attached hydrogens (primary N) is 1. The van der Waals surface area contributed by atoms with Crippen LogP contribution in [-0.4, -0.2) is 28.0 Å². The molecule has 0 saturated heterocycles. The summed E-state index contributed by atoms with van der Waals surface area (Å²) in [6.07, 6.45) is -0.640. The Bertz CT molecular complexity index is 314. The number of phenolic OH excluding ortho intramolecular Hbond substituents is 2. The maximum Gasteiger partial charge on any atom is 0.157 e. The third-order valence-corrected chi connectivity index (χ3v) is 2.34. The highest BCUT2D eigenvalue weighted by molar-refractivity contribution is 5.41. The highest BCUT2D eigenvalue weighted by atomic mass is 16.3. The van der Waals surface area contributed by atoms with Crippen molar-refractivity contribution in [2.75, 3.05) is 6.54 Å². The molecule has 1 rings (SSSR count). The van der Waals surface area contributed by atoms with Crippen LogP contribution in [0.1, 0.15) is 18.4 Å². The summed E-state index contributed by atoms with van der Waals surface area (Å²) in [6.45, 7) is 1.98. The molecule has 14 heavy (non-hydrogen) atoms. The maximum absolute atomic E-state index is 9.47. The fourth-order valence-electron chi connectivity index (χ4n) is 1.25. The van der Waals surface area contributed by atoms with Gasteiger partial charge in [-0.05, 0) is 17.7 Å². The van der Waals surface area contributed by atoms with Gasteiger partial charge in [0.25, 0.3) is 0 Å². The summed E-state index contributed by atoms with van der Waals surface area (Å²) in [5.41, 5.74) is 6.06. The second kappa shape index (κ2) is 4.30. The molecule has 0 aliphatic carbocycles. The molecule has 2 atom stereocenters. The van der Waals surface area contributed by atoms with Crippen molar-refractivity contribution in [1.29, 1.82) is 0 Å². The minimum atomic E-state index is -0.640. The van der Waals surface area contributed by atoms with Gasteiger partial charge in [0.05, 0.1) is 6.10 Å². The minimum Gasteiger partial charge on any atom is -0.504 e. The lowest BCUT2D eigenvalue weighted by Gasteiger charge is -2.17. The van der Waals surface area contributed by atoms with Gasteiger partial charge in [-0.15, -0.1) is 0 Å². The third kappa shape index (κ3) is 2.16. The predicted octanol–water partition coefficient (Wildman–Crippen LogP) is 0.521. The lowest BCUT2D eigenvalue weighted by molar-refractivity contribution is 0.157. The molecule has 0 aromatic heterocycles. The fourth-order valence-corrected chi connectivity index (χ4v) is 1.25. The Morgan fingerprint density at radius 3 is 2.43 bits per heavy atom. The molecule has 1 aromatic rings. The van der Waals surface area contributed by atoms with Crippen LogP contribution in [0.25, 0.3) is 0 Å². The highest BCUT2D eigenvalue weighted by Crippen LogP contribution is 2.29. The molecule has 1 aromatic carbocycles. The summed E-state index contributed by atoms with van der Waals surface area (Å²) < 4.78 is 0. The molecular formula is C10H15NO3. The van der Waals surface area contributed by atoms with Crippen LogP contribution in [0.5, 0.6) is 11.5 Å². The van der Waals surface area contributed by atoms with E-state index in [9.17, 15) is 10.2 Å². The van der Waals surface area contributed by atoms with Crippen LogP contribution >= 0.6 is 0 Å². The van der Waals surface area contributed by atoms with E-state index < -0.39 is 6.10 Å². The standard InChI is InChI=1S/C10H15NO3/c1-6(10(14)5-11)7-2-3-8(12)9(13)4-7/h2-4,6,10,12-14H,5,11H2,1H3. The summed E-state index contributed by atoms with van der Waals surface area (Å²) in [6, 6.07) is 4.47. The smallest absolute Gasteiger partial charge is 0.157 e. The van der Waals surface area contributed by atoms with Crippen molar-refractivity contribution < 1.29 is 15.3 Å². The van der Waals surface area contributed by atoms with Gasteiger partial charge in [0.15, 0.2) is 11.5 Å². The maximum atomic E-state index is 9.47. The third-order valence-electron chi connectivity index (χ3n) is 2.34. The quantitative estimate of drug-likeness (QED) is 0.532. The first kappa shape index (κ1) is 10.8. The average molecular weight is 197 g/mol. The number of aliphatic hydroxyl groups is 1. The molecule has 0 radical (unpaired) electrons. The number of benzene rings is 1. The van der Waals surface area contributed by atoms with Crippen molar-refractivity contribution in [3.8, 4) is 11.5 Å². The number of phenols is 2. The minimum absolute atomic E-state index is 0.161. The molecule has 0 heterocycles. The molecule has 0 spiro atoms. The van der Waals surface area contributed by atoms with Crippen LogP contribution in [0.2, 0.25) is 0 Å². The van der Waals surface area contributed by atoms with Crippen LogP contribution < -0.4 is 5.73 Å². The first-order valence-corrected chi connectivity index (χ1v) is 4.46. The molecule has 0 fully saturated rings. The number of aromatic hydroxyl groups is 2. The normalized spacial score (nSPS) is 15.1. The molecule has 4 heteroatoms. The van der Waals surface area contributed by atoms with Gasteiger partial charge in [-0.25, -0.2) is 0 Å². The molecule has 0 bridgehead atoms. The van der Waals surface area contributed by atoms with Gasteiger partial charge in [-0.1, -0.05) is 13.0 Å². The van der Waals surface area contributed by atoms with Crippen molar-refractivity contribution in [1.82, 2.24) is 0 Å². The lowest BCUT2D eigenvalue weighted by atomic mass is 9.95. The molecule has 0 aliphatic rings. The van der Waals surface area contributed by atoms with Crippen molar-refractivity contribution in [3.05, 3.63) is 23.8 Å². The number of rotatable bonds is 3. The van der Waals surface area contributed by atoms with E-state index in [4.69, 9.17) is 10.8 Å². The van der Waals surface area contributed by atoms with Crippen molar-refractivity contribution in [2.24, 2.45) is 5.73 Å². The topological polar surface area (TPSA) is 86.7 Å². The van der Waals surface area contributed by atoms with Gasteiger partial charge >= 0.3 is 0 Å². The van der Waals surface area contributed by atoms with E-state index in [2.05, 4.69) is 0 Å². The molecule has 78 valence electrons. The Morgan fingerprint density at radius 1 is 1.29 bits per heavy atom. The molecule has 4 nitrogen and oxygen atoms in total. The highest BCUT2D eigenvalue weighted by Gasteiger charge is 2.15. The zero-order chi connectivity index (χ0) is 10.7. The number of hydrogen-bond acceptors (Lipinski definition) is 4. The average Bonchev–Trinajstić information content (AvgIpc) is 2.20. The van der Waals surface area contributed by atoms with Gasteiger partial charge in [-0.3, -0.25) is 0 Å². The second-order valence-electron chi connectivity index (χ2n) is 3.34. The molecular weight excluding hydrogens is 182 g/mol.